The molecule has 0 atom stereocenters. The standard InChI is InChI=1S/C17H13Cl2N3O3S/c1-11-2-4-12(5-3-11)21-26(24,25)14-8-6-13(7-9-14)22-17(23)16(19)15(18)10-20-22/h2-10,21H,1H3. The van der Waals surface area contributed by atoms with Gasteiger partial charge in [0.1, 0.15) is 5.02 Å². The maximum absolute atomic E-state index is 12.5. The van der Waals surface area contributed by atoms with Crippen LogP contribution < -0.4 is 10.3 Å². The number of nitrogens with one attached hydrogen (secondary N) is 1. The fourth-order valence-corrected chi connectivity index (χ4v) is 3.51. The van der Waals surface area contributed by atoms with Crippen molar-refractivity contribution in [2.24, 2.45) is 0 Å². The van der Waals surface area contributed by atoms with E-state index in [4.69, 9.17) is 23.2 Å². The molecule has 3 rings (SSSR count). The Morgan fingerprint density at radius 3 is 2.23 bits per heavy atom. The average Bonchev–Trinajstić information content (AvgIpc) is 2.62. The highest BCUT2D eigenvalue weighted by Crippen LogP contribution is 2.19. The summed E-state index contributed by atoms with van der Waals surface area (Å²) in [6.45, 7) is 1.91. The SMILES string of the molecule is Cc1ccc(NS(=O)(=O)c2ccc(-n3ncc(Cl)c(Cl)c3=O)cc2)cc1. The first-order valence-corrected chi connectivity index (χ1v) is 9.65. The summed E-state index contributed by atoms with van der Waals surface area (Å²) in [6, 6.07) is 12.7. The molecule has 6 nitrogen and oxygen atoms in total. The molecule has 134 valence electrons. The molecule has 0 spiro atoms. The second-order valence-electron chi connectivity index (χ2n) is 5.49. The number of aromatic nitrogens is 2. The van der Waals surface area contributed by atoms with Gasteiger partial charge in [0.2, 0.25) is 0 Å². The minimum Gasteiger partial charge on any atom is -0.280 e. The normalized spacial score (nSPS) is 11.3. The molecule has 0 bridgehead atoms. The third-order valence-electron chi connectivity index (χ3n) is 3.57. The molecule has 1 aromatic heterocycles. The van der Waals surface area contributed by atoms with Gasteiger partial charge in [0.25, 0.3) is 15.6 Å². The molecule has 0 fully saturated rings. The fourth-order valence-electron chi connectivity index (χ4n) is 2.20. The molecule has 1 N–H and O–H groups in total. The Labute approximate surface area is 160 Å². The van der Waals surface area contributed by atoms with Gasteiger partial charge in [-0.15, -0.1) is 0 Å². The molecule has 0 aliphatic heterocycles. The van der Waals surface area contributed by atoms with Crippen molar-refractivity contribution in [3.8, 4) is 5.69 Å². The molecule has 0 amide bonds. The maximum Gasteiger partial charge on any atom is 0.291 e. The Balaban J connectivity index is 1.91. The van der Waals surface area contributed by atoms with Crippen molar-refractivity contribution in [3.63, 3.8) is 0 Å². The van der Waals surface area contributed by atoms with Gasteiger partial charge in [-0.3, -0.25) is 9.52 Å². The third-order valence-corrected chi connectivity index (χ3v) is 5.72. The largest absolute Gasteiger partial charge is 0.291 e. The highest BCUT2D eigenvalue weighted by atomic mass is 35.5. The summed E-state index contributed by atoms with van der Waals surface area (Å²) in [5.74, 6) is 0. The summed E-state index contributed by atoms with van der Waals surface area (Å²) >= 11 is 11.6. The van der Waals surface area contributed by atoms with Gasteiger partial charge in [0.15, 0.2) is 0 Å². The van der Waals surface area contributed by atoms with Gasteiger partial charge in [-0.1, -0.05) is 40.9 Å². The molecule has 26 heavy (non-hydrogen) atoms. The van der Waals surface area contributed by atoms with E-state index in [1.807, 2.05) is 19.1 Å². The van der Waals surface area contributed by atoms with Gasteiger partial charge in [-0.2, -0.15) is 9.78 Å². The summed E-state index contributed by atoms with van der Waals surface area (Å²) in [6.07, 6.45) is 1.24. The molecular weight excluding hydrogens is 397 g/mol. The van der Waals surface area contributed by atoms with E-state index in [0.29, 0.717) is 11.4 Å². The summed E-state index contributed by atoms with van der Waals surface area (Å²) in [4.78, 5) is 12.1. The van der Waals surface area contributed by atoms with Crippen molar-refractivity contribution in [1.29, 1.82) is 0 Å². The summed E-state index contributed by atoms with van der Waals surface area (Å²) < 4.78 is 28.5. The van der Waals surface area contributed by atoms with Gasteiger partial charge in [0, 0.05) is 5.69 Å². The fraction of sp³-hybridized carbons (Fsp3) is 0.0588. The van der Waals surface area contributed by atoms with E-state index < -0.39 is 15.6 Å². The Hall–Kier alpha value is -2.35. The Bertz CT molecular complexity index is 1110. The molecule has 1 heterocycles. The number of nitrogens with zero attached hydrogens (tertiary/aromatic N) is 2. The van der Waals surface area contributed by atoms with Crippen LogP contribution in [-0.4, -0.2) is 18.2 Å². The first-order chi connectivity index (χ1) is 12.3. The second kappa shape index (κ2) is 7.11. The van der Waals surface area contributed by atoms with E-state index in [1.54, 1.807) is 12.1 Å². The monoisotopic (exact) mass is 409 g/mol. The minimum absolute atomic E-state index is 0.0504. The van der Waals surface area contributed by atoms with Crippen LogP contribution in [0, 0.1) is 6.92 Å². The van der Waals surface area contributed by atoms with Crippen molar-refractivity contribution in [2.75, 3.05) is 4.72 Å². The van der Waals surface area contributed by atoms with E-state index >= 15 is 0 Å². The zero-order valence-corrected chi connectivity index (χ0v) is 15.8. The molecule has 0 unspecified atom stereocenters. The third kappa shape index (κ3) is 3.75. The Morgan fingerprint density at radius 2 is 1.62 bits per heavy atom. The van der Waals surface area contributed by atoms with E-state index in [1.165, 1.54) is 30.5 Å². The number of benzene rings is 2. The summed E-state index contributed by atoms with van der Waals surface area (Å²) in [5.41, 5.74) is 1.26. The van der Waals surface area contributed by atoms with Crippen molar-refractivity contribution in [2.45, 2.75) is 11.8 Å². The number of aryl methyl sites for hydroxylation is 1. The summed E-state index contributed by atoms with van der Waals surface area (Å²) in [7, 11) is -3.76. The Morgan fingerprint density at radius 1 is 1.00 bits per heavy atom. The highest BCUT2D eigenvalue weighted by Gasteiger charge is 2.15. The number of halogens is 2. The molecule has 0 aliphatic rings. The number of hydrogen-bond donors (Lipinski definition) is 1. The molecular formula is C17H13Cl2N3O3S. The van der Waals surface area contributed by atoms with Crippen molar-refractivity contribution < 1.29 is 8.42 Å². The van der Waals surface area contributed by atoms with Crippen LogP contribution >= 0.6 is 23.2 Å². The highest BCUT2D eigenvalue weighted by molar-refractivity contribution is 7.92. The molecule has 0 radical (unpaired) electrons. The lowest BCUT2D eigenvalue weighted by Crippen LogP contribution is -2.21. The quantitative estimate of drug-likeness (QED) is 0.712. The van der Waals surface area contributed by atoms with E-state index in [-0.39, 0.29) is 14.9 Å². The number of anilines is 1. The van der Waals surface area contributed by atoms with Gasteiger partial charge in [-0.25, -0.2) is 8.42 Å². The zero-order valence-electron chi connectivity index (χ0n) is 13.5. The first kappa shape index (κ1) is 18.4. The Kier molecular flexibility index (Phi) is 5.04. The topological polar surface area (TPSA) is 81.1 Å². The average molecular weight is 410 g/mol. The molecule has 0 saturated heterocycles. The molecule has 2 aromatic carbocycles. The van der Waals surface area contributed by atoms with E-state index in [0.717, 1.165) is 10.2 Å². The molecule has 0 aliphatic carbocycles. The van der Waals surface area contributed by atoms with Gasteiger partial charge < -0.3 is 0 Å². The van der Waals surface area contributed by atoms with Gasteiger partial charge >= 0.3 is 0 Å². The maximum atomic E-state index is 12.5. The van der Waals surface area contributed by atoms with Crippen molar-refractivity contribution in [3.05, 3.63) is 80.7 Å². The lowest BCUT2D eigenvalue weighted by atomic mass is 10.2. The first-order valence-electron chi connectivity index (χ1n) is 7.41. The molecule has 9 heteroatoms. The van der Waals surface area contributed by atoms with Crippen LogP contribution in [0.2, 0.25) is 10.0 Å². The second-order valence-corrected chi connectivity index (χ2v) is 7.96. The van der Waals surface area contributed by atoms with Gasteiger partial charge in [0.05, 0.1) is 21.8 Å². The van der Waals surface area contributed by atoms with Crippen LogP contribution in [0.25, 0.3) is 5.69 Å². The number of rotatable bonds is 4. The van der Waals surface area contributed by atoms with Crippen molar-refractivity contribution in [1.82, 2.24) is 9.78 Å². The predicted octanol–water partition coefficient (Wildman–Crippen LogP) is 3.65. The van der Waals surface area contributed by atoms with E-state index in [2.05, 4.69) is 9.82 Å². The summed E-state index contributed by atoms with van der Waals surface area (Å²) in [5, 5.41) is 3.80. The van der Waals surface area contributed by atoms with E-state index in [9.17, 15) is 13.2 Å². The number of sulfonamides is 1. The molecule has 3 aromatic rings. The van der Waals surface area contributed by atoms with Crippen LogP contribution in [0.3, 0.4) is 0 Å². The lowest BCUT2D eigenvalue weighted by molar-refractivity contribution is 0.601. The van der Waals surface area contributed by atoms with Crippen LogP contribution in [0.5, 0.6) is 0 Å². The van der Waals surface area contributed by atoms with Gasteiger partial charge in [-0.05, 0) is 43.3 Å². The van der Waals surface area contributed by atoms with Crippen LogP contribution in [-0.2, 0) is 10.0 Å². The van der Waals surface area contributed by atoms with Crippen LogP contribution in [0.4, 0.5) is 5.69 Å². The predicted molar refractivity (Wildman–Crippen MR) is 102 cm³/mol. The zero-order chi connectivity index (χ0) is 18.9. The number of hydrogen-bond acceptors (Lipinski definition) is 4. The molecule has 0 saturated carbocycles. The van der Waals surface area contributed by atoms with Crippen molar-refractivity contribution >= 4 is 38.9 Å². The lowest BCUT2D eigenvalue weighted by Gasteiger charge is -2.10. The van der Waals surface area contributed by atoms with Crippen LogP contribution in [0.1, 0.15) is 5.56 Å². The van der Waals surface area contributed by atoms with Crippen LogP contribution in [0.15, 0.2) is 64.4 Å². The minimum atomic E-state index is -3.76. The smallest absolute Gasteiger partial charge is 0.280 e.